The number of hydrogen-bond acceptors (Lipinski definition) is 7. The van der Waals surface area contributed by atoms with Crippen LogP contribution in [0.15, 0.2) is 46.2 Å². The number of benzene rings is 1. The van der Waals surface area contributed by atoms with Crippen molar-refractivity contribution >= 4 is 22.5 Å². The number of nitrogens with one attached hydrogen (secondary N) is 1. The van der Waals surface area contributed by atoms with E-state index in [9.17, 15) is 19.8 Å². The predicted octanol–water partition coefficient (Wildman–Crippen LogP) is 1.38. The number of carbonyl (C=O) groups excluding carboxylic acids is 1. The predicted molar refractivity (Wildman–Crippen MR) is 103 cm³/mol. The zero-order valence-corrected chi connectivity index (χ0v) is 15.6. The molecule has 3 heterocycles. The Bertz CT molecular complexity index is 1290. The summed E-state index contributed by atoms with van der Waals surface area (Å²) in [7, 11) is 3.29. The topological polar surface area (TPSA) is 135 Å². The Kier molecular flexibility index (Phi) is 4.40. The Labute approximate surface area is 163 Å². The first-order valence-electron chi connectivity index (χ1n) is 8.61. The molecule has 3 aromatic heterocycles. The fourth-order valence-electron chi connectivity index (χ4n) is 3.29. The number of fused-ring (bicyclic) bond motifs is 1. The van der Waals surface area contributed by atoms with Crippen molar-refractivity contribution in [2.24, 2.45) is 14.1 Å². The summed E-state index contributed by atoms with van der Waals surface area (Å²) < 4.78 is 7.66. The summed E-state index contributed by atoms with van der Waals surface area (Å²) in [4.78, 5) is 29.4. The monoisotopic (exact) mass is 395 g/mol. The molecule has 0 aliphatic heterocycles. The van der Waals surface area contributed by atoms with Gasteiger partial charge in [0.2, 0.25) is 5.75 Å². The Balaban J connectivity index is 1.94. The van der Waals surface area contributed by atoms with Gasteiger partial charge in [0.1, 0.15) is 17.8 Å². The molecule has 0 saturated carbocycles. The van der Waals surface area contributed by atoms with Crippen LogP contribution in [-0.4, -0.2) is 35.4 Å². The molecule has 0 bridgehead atoms. The summed E-state index contributed by atoms with van der Waals surface area (Å²) >= 11 is 0. The molecule has 29 heavy (non-hydrogen) atoms. The fraction of sp³-hybridized carbons (Fsp3) is 0.158. The Morgan fingerprint density at radius 1 is 1.31 bits per heavy atom. The van der Waals surface area contributed by atoms with Crippen LogP contribution in [0, 0.1) is 0 Å². The van der Waals surface area contributed by atoms with Gasteiger partial charge in [0.15, 0.2) is 5.69 Å². The first-order chi connectivity index (χ1) is 13.9. The molecule has 0 unspecified atom stereocenters. The Morgan fingerprint density at radius 2 is 2.10 bits per heavy atom. The van der Waals surface area contributed by atoms with Crippen molar-refractivity contribution < 1.29 is 19.5 Å². The molecule has 0 radical (unpaired) electrons. The van der Waals surface area contributed by atoms with Crippen LogP contribution in [0.25, 0.3) is 22.3 Å². The normalized spacial score (nSPS) is 11.1. The van der Waals surface area contributed by atoms with Crippen LogP contribution < -0.4 is 10.9 Å². The summed E-state index contributed by atoms with van der Waals surface area (Å²) in [5.41, 5.74) is 1.07. The number of aliphatic hydroxyl groups is 1. The molecule has 0 fully saturated rings. The van der Waals surface area contributed by atoms with Gasteiger partial charge < -0.3 is 24.6 Å². The third-order valence-electron chi connectivity index (χ3n) is 4.68. The lowest BCUT2D eigenvalue weighted by atomic mass is 10.1. The highest BCUT2D eigenvalue weighted by Crippen LogP contribution is 2.31. The second-order valence-electron chi connectivity index (χ2n) is 6.49. The second kappa shape index (κ2) is 6.91. The molecule has 10 nitrogen and oxygen atoms in total. The van der Waals surface area contributed by atoms with Crippen LogP contribution in [0.2, 0.25) is 0 Å². The van der Waals surface area contributed by atoms with Gasteiger partial charge in [0.05, 0.1) is 12.8 Å². The van der Waals surface area contributed by atoms with Crippen molar-refractivity contribution in [3.8, 4) is 17.1 Å². The van der Waals surface area contributed by atoms with Crippen LogP contribution in [0.1, 0.15) is 16.1 Å². The number of hydrogen-bond donors (Lipinski definition) is 3. The van der Waals surface area contributed by atoms with Crippen molar-refractivity contribution in [2.45, 2.75) is 6.61 Å². The van der Waals surface area contributed by atoms with Gasteiger partial charge in [0.25, 0.3) is 11.5 Å². The van der Waals surface area contributed by atoms with E-state index in [-0.39, 0.29) is 18.1 Å². The maximum Gasteiger partial charge on any atom is 0.296 e. The molecule has 0 aliphatic carbocycles. The standard InChI is InChI=1S/C19H17N5O5/c1-23-7-10(8-25)14-12(4-3-5-13(14)23)17-22-15(16(26)19(28)24(17)2)18(27)21-11-6-20-29-9-11/h3-7,9,25-26H,8H2,1-2H3,(H,21,27). The number of aromatic nitrogens is 4. The van der Waals surface area contributed by atoms with Crippen LogP contribution in [0.3, 0.4) is 0 Å². The first-order valence-corrected chi connectivity index (χ1v) is 8.61. The van der Waals surface area contributed by atoms with E-state index in [1.165, 1.54) is 19.5 Å². The summed E-state index contributed by atoms with van der Waals surface area (Å²) in [6.45, 7) is -0.207. The number of aromatic hydroxyl groups is 1. The molecule has 1 aromatic carbocycles. The molecular weight excluding hydrogens is 378 g/mol. The molecule has 4 rings (SSSR count). The van der Waals surface area contributed by atoms with E-state index >= 15 is 0 Å². The minimum atomic E-state index is -0.785. The smallest absolute Gasteiger partial charge is 0.296 e. The molecule has 148 valence electrons. The van der Waals surface area contributed by atoms with Gasteiger partial charge >= 0.3 is 0 Å². The van der Waals surface area contributed by atoms with E-state index in [4.69, 9.17) is 0 Å². The number of anilines is 1. The maximum absolute atomic E-state index is 12.6. The zero-order valence-electron chi connectivity index (χ0n) is 15.6. The molecule has 0 saturated heterocycles. The largest absolute Gasteiger partial charge is 0.501 e. The van der Waals surface area contributed by atoms with Crippen LogP contribution >= 0.6 is 0 Å². The number of rotatable bonds is 4. The van der Waals surface area contributed by atoms with E-state index in [0.717, 1.165) is 10.1 Å². The molecule has 10 heteroatoms. The molecule has 4 aromatic rings. The minimum absolute atomic E-state index is 0.176. The van der Waals surface area contributed by atoms with Crippen molar-refractivity contribution in [1.29, 1.82) is 0 Å². The van der Waals surface area contributed by atoms with Gasteiger partial charge in [-0.3, -0.25) is 14.2 Å². The van der Waals surface area contributed by atoms with E-state index in [1.54, 1.807) is 18.3 Å². The summed E-state index contributed by atoms with van der Waals surface area (Å²) in [5, 5.41) is 26.6. The average Bonchev–Trinajstić information content (AvgIpc) is 3.34. The Morgan fingerprint density at radius 3 is 2.79 bits per heavy atom. The molecule has 0 atom stereocenters. The summed E-state index contributed by atoms with van der Waals surface area (Å²) in [6.07, 6.45) is 4.26. The van der Waals surface area contributed by atoms with Crippen LogP contribution in [0.5, 0.6) is 5.75 Å². The van der Waals surface area contributed by atoms with Crippen molar-refractivity contribution in [3.05, 3.63) is 58.5 Å². The molecule has 0 spiro atoms. The number of amides is 1. The molecule has 3 N–H and O–H groups in total. The zero-order chi connectivity index (χ0) is 20.7. The van der Waals surface area contributed by atoms with Crippen molar-refractivity contribution in [1.82, 2.24) is 19.3 Å². The van der Waals surface area contributed by atoms with Gasteiger partial charge in [0, 0.05) is 42.3 Å². The van der Waals surface area contributed by atoms with Crippen LogP contribution in [0.4, 0.5) is 5.69 Å². The third-order valence-corrected chi connectivity index (χ3v) is 4.68. The van der Waals surface area contributed by atoms with Crippen molar-refractivity contribution in [3.63, 3.8) is 0 Å². The van der Waals surface area contributed by atoms with Crippen LogP contribution in [-0.2, 0) is 20.7 Å². The van der Waals surface area contributed by atoms with E-state index < -0.39 is 22.9 Å². The lowest BCUT2D eigenvalue weighted by Crippen LogP contribution is -2.25. The highest BCUT2D eigenvalue weighted by atomic mass is 16.5. The SMILES string of the molecule is Cn1c(-c2cccc3c2c(CO)cn3C)nc(C(=O)Nc2cnoc2)c(O)c1=O. The van der Waals surface area contributed by atoms with E-state index in [0.29, 0.717) is 16.5 Å². The van der Waals surface area contributed by atoms with E-state index in [2.05, 4.69) is 20.0 Å². The van der Waals surface area contributed by atoms with Crippen molar-refractivity contribution in [2.75, 3.05) is 5.32 Å². The van der Waals surface area contributed by atoms with Gasteiger partial charge in [-0.2, -0.15) is 0 Å². The Hall–Kier alpha value is -3.92. The summed E-state index contributed by atoms with van der Waals surface area (Å²) in [6, 6.07) is 5.40. The maximum atomic E-state index is 12.6. The molecular formula is C19H17N5O5. The quantitative estimate of drug-likeness (QED) is 0.475. The number of nitrogens with zero attached hydrogens (tertiary/aromatic N) is 4. The average molecular weight is 395 g/mol. The highest BCUT2D eigenvalue weighted by Gasteiger charge is 2.23. The lowest BCUT2D eigenvalue weighted by Gasteiger charge is -2.13. The number of aryl methyl sites for hydroxylation is 1. The minimum Gasteiger partial charge on any atom is -0.501 e. The highest BCUT2D eigenvalue weighted by molar-refractivity contribution is 6.05. The molecule has 0 aliphatic rings. The fourth-order valence-corrected chi connectivity index (χ4v) is 3.29. The number of carbonyl (C=O) groups is 1. The van der Waals surface area contributed by atoms with Gasteiger partial charge in [-0.1, -0.05) is 17.3 Å². The van der Waals surface area contributed by atoms with Gasteiger partial charge in [-0.25, -0.2) is 4.98 Å². The van der Waals surface area contributed by atoms with Gasteiger partial charge in [-0.05, 0) is 6.07 Å². The van der Waals surface area contributed by atoms with Gasteiger partial charge in [-0.15, -0.1) is 0 Å². The first kappa shape index (κ1) is 18.4. The second-order valence-corrected chi connectivity index (χ2v) is 6.49. The van der Waals surface area contributed by atoms with E-state index in [1.807, 2.05) is 17.7 Å². The molecule has 1 amide bonds. The summed E-state index contributed by atoms with van der Waals surface area (Å²) in [5.74, 6) is -1.38. The third kappa shape index (κ3) is 2.95. The lowest BCUT2D eigenvalue weighted by molar-refractivity contribution is 0.101. The number of aliphatic hydroxyl groups excluding tert-OH is 1.